The van der Waals surface area contributed by atoms with E-state index < -0.39 is 5.97 Å². The third kappa shape index (κ3) is 4.23. The second-order valence-corrected chi connectivity index (χ2v) is 3.44. The topological polar surface area (TPSA) is 69.4 Å². The zero-order chi connectivity index (χ0) is 11.8. The second kappa shape index (κ2) is 6.74. The van der Waals surface area contributed by atoms with Crippen molar-refractivity contribution in [2.75, 3.05) is 6.61 Å². The van der Waals surface area contributed by atoms with E-state index in [4.69, 9.17) is 5.73 Å². The number of rotatable bonds is 6. The first-order valence-electron chi connectivity index (χ1n) is 5.16. The molecule has 1 aromatic carbocycles. The van der Waals surface area contributed by atoms with Crippen molar-refractivity contribution in [2.45, 2.75) is 18.9 Å². The molecular weight excluding hydrogens is 206 g/mol. The van der Waals surface area contributed by atoms with Gasteiger partial charge >= 0.3 is 5.97 Å². The van der Waals surface area contributed by atoms with Crippen molar-refractivity contribution in [1.82, 2.24) is 0 Å². The lowest BCUT2D eigenvalue weighted by atomic mass is 10.0. The summed E-state index contributed by atoms with van der Waals surface area (Å²) in [6.45, 7) is 0.234. The summed E-state index contributed by atoms with van der Waals surface area (Å²) in [7, 11) is 0. The van der Waals surface area contributed by atoms with Crippen molar-refractivity contribution in [1.29, 1.82) is 0 Å². The third-order valence-corrected chi connectivity index (χ3v) is 2.23. The molecule has 0 unspecified atom stereocenters. The lowest BCUT2D eigenvalue weighted by molar-refractivity contribution is -0.148. The van der Waals surface area contributed by atoms with Crippen molar-refractivity contribution < 1.29 is 14.3 Å². The van der Waals surface area contributed by atoms with Crippen LogP contribution in [0.2, 0.25) is 0 Å². The summed E-state index contributed by atoms with van der Waals surface area (Å²) in [6.07, 6.45) is 1.53. The molecule has 0 saturated heterocycles. The highest BCUT2D eigenvalue weighted by atomic mass is 16.5. The van der Waals surface area contributed by atoms with E-state index in [2.05, 4.69) is 4.74 Å². The molecule has 4 nitrogen and oxygen atoms in total. The molecule has 0 aliphatic heterocycles. The van der Waals surface area contributed by atoms with Crippen LogP contribution in [0.15, 0.2) is 30.3 Å². The Morgan fingerprint density at radius 1 is 1.38 bits per heavy atom. The minimum absolute atomic E-state index is 0.0591. The van der Waals surface area contributed by atoms with Gasteiger partial charge in [0.2, 0.25) is 6.29 Å². The molecule has 0 radical (unpaired) electrons. The van der Waals surface area contributed by atoms with Crippen LogP contribution in [0.4, 0.5) is 0 Å². The van der Waals surface area contributed by atoms with E-state index in [0.29, 0.717) is 6.42 Å². The average molecular weight is 221 g/mol. The van der Waals surface area contributed by atoms with Crippen molar-refractivity contribution in [2.24, 2.45) is 5.73 Å². The summed E-state index contributed by atoms with van der Waals surface area (Å²) in [4.78, 5) is 20.5. The molecule has 16 heavy (non-hydrogen) atoms. The second-order valence-electron chi connectivity index (χ2n) is 3.44. The summed E-state index contributed by atoms with van der Waals surface area (Å²) in [6, 6.07) is 9.66. The Kier molecular flexibility index (Phi) is 5.22. The minimum atomic E-state index is -0.826. The maximum Gasteiger partial charge on any atom is 0.371 e. The first-order valence-corrected chi connectivity index (χ1v) is 5.16. The summed E-state index contributed by atoms with van der Waals surface area (Å²) >= 11 is 0. The molecule has 1 aromatic rings. The van der Waals surface area contributed by atoms with Crippen LogP contribution in [0.3, 0.4) is 0 Å². The molecule has 0 amide bonds. The quantitative estimate of drug-likeness (QED) is 0.339. The van der Waals surface area contributed by atoms with Gasteiger partial charge in [-0.3, -0.25) is 4.79 Å². The van der Waals surface area contributed by atoms with Gasteiger partial charge in [0.25, 0.3) is 0 Å². The normalized spacial score (nSPS) is 11.8. The zero-order valence-corrected chi connectivity index (χ0v) is 8.96. The molecule has 0 bridgehead atoms. The van der Waals surface area contributed by atoms with Crippen molar-refractivity contribution in [3.05, 3.63) is 35.9 Å². The third-order valence-electron chi connectivity index (χ3n) is 2.23. The number of hydrogen-bond donors (Lipinski definition) is 1. The first kappa shape index (κ1) is 12.4. The molecule has 1 rings (SSSR count). The zero-order valence-electron chi connectivity index (χ0n) is 8.96. The smallest absolute Gasteiger partial charge is 0.371 e. The average Bonchev–Trinajstić information content (AvgIpc) is 2.35. The maximum atomic E-state index is 10.5. The Balaban J connectivity index is 2.23. The number of aldehydes is 1. The standard InChI is InChI=1S/C12H15NO3/c13-11(10-5-2-1-3-6-10)7-4-8-16-12(15)9-14/h1-3,5-6,9,11H,4,7-8,13H2/t11-/m1/s1. The Morgan fingerprint density at radius 2 is 2.06 bits per heavy atom. The van der Waals surface area contributed by atoms with Crippen LogP contribution < -0.4 is 5.73 Å². The van der Waals surface area contributed by atoms with Crippen LogP contribution in [0.1, 0.15) is 24.4 Å². The van der Waals surface area contributed by atoms with Crippen molar-refractivity contribution in [3.8, 4) is 0 Å². The van der Waals surface area contributed by atoms with E-state index in [1.807, 2.05) is 30.3 Å². The number of benzene rings is 1. The fourth-order valence-corrected chi connectivity index (χ4v) is 1.38. The molecule has 0 saturated carbocycles. The highest BCUT2D eigenvalue weighted by Crippen LogP contribution is 2.14. The molecular formula is C12H15NO3. The Labute approximate surface area is 94.4 Å². The van der Waals surface area contributed by atoms with Crippen LogP contribution in [0.5, 0.6) is 0 Å². The van der Waals surface area contributed by atoms with Crippen molar-refractivity contribution >= 4 is 12.3 Å². The fourth-order valence-electron chi connectivity index (χ4n) is 1.38. The van der Waals surface area contributed by atoms with E-state index in [1.54, 1.807) is 0 Å². The van der Waals surface area contributed by atoms with Crippen LogP contribution in [0, 0.1) is 0 Å². The lowest BCUT2D eigenvalue weighted by Gasteiger charge is -2.11. The van der Waals surface area contributed by atoms with Crippen molar-refractivity contribution in [3.63, 3.8) is 0 Å². The van der Waals surface area contributed by atoms with Gasteiger partial charge < -0.3 is 10.5 Å². The van der Waals surface area contributed by atoms with E-state index in [0.717, 1.165) is 12.0 Å². The SMILES string of the molecule is N[C@H](CCCOC(=O)C=O)c1ccccc1. The summed E-state index contributed by atoms with van der Waals surface area (Å²) in [5.74, 6) is -0.826. The Bertz CT molecular complexity index is 337. The van der Waals surface area contributed by atoms with Gasteiger partial charge in [-0.15, -0.1) is 0 Å². The van der Waals surface area contributed by atoms with Gasteiger partial charge in [0.15, 0.2) is 0 Å². The Hall–Kier alpha value is -1.68. The number of carbonyl (C=O) groups excluding carboxylic acids is 2. The van der Waals surface area contributed by atoms with E-state index >= 15 is 0 Å². The van der Waals surface area contributed by atoms with Gasteiger partial charge in [0.05, 0.1) is 6.61 Å². The van der Waals surface area contributed by atoms with Gasteiger partial charge in [-0.05, 0) is 18.4 Å². The van der Waals surface area contributed by atoms with Gasteiger partial charge in [-0.25, -0.2) is 4.79 Å². The molecule has 0 spiro atoms. The lowest BCUT2D eigenvalue weighted by Crippen LogP contribution is -2.12. The first-order chi connectivity index (χ1) is 7.74. The number of nitrogens with two attached hydrogens (primary N) is 1. The fraction of sp³-hybridized carbons (Fsp3) is 0.333. The maximum absolute atomic E-state index is 10.5. The van der Waals surface area contributed by atoms with Crippen LogP contribution >= 0.6 is 0 Å². The molecule has 0 aliphatic carbocycles. The molecule has 0 fully saturated rings. The summed E-state index contributed by atoms with van der Waals surface area (Å²) in [5.41, 5.74) is 6.99. The molecule has 0 aliphatic rings. The van der Waals surface area contributed by atoms with E-state index in [-0.39, 0.29) is 18.9 Å². The number of ether oxygens (including phenoxy) is 1. The van der Waals surface area contributed by atoms with Gasteiger partial charge in [0, 0.05) is 6.04 Å². The molecule has 2 N–H and O–H groups in total. The molecule has 4 heteroatoms. The van der Waals surface area contributed by atoms with Gasteiger partial charge in [-0.1, -0.05) is 30.3 Å². The predicted octanol–water partition coefficient (Wildman–Crippen LogP) is 1.21. The van der Waals surface area contributed by atoms with Gasteiger partial charge in [0.1, 0.15) is 0 Å². The molecule has 0 heterocycles. The number of carbonyl (C=O) groups is 2. The molecule has 86 valence electrons. The van der Waals surface area contributed by atoms with Crippen LogP contribution in [-0.2, 0) is 14.3 Å². The highest BCUT2D eigenvalue weighted by molar-refractivity contribution is 6.20. The Morgan fingerprint density at radius 3 is 2.69 bits per heavy atom. The summed E-state index contributed by atoms with van der Waals surface area (Å²) < 4.78 is 4.61. The predicted molar refractivity (Wildman–Crippen MR) is 59.6 cm³/mol. The van der Waals surface area contributed by atoms with Gasteiger partial charge in [-0.2, -0.15) is 0 Å². The highest BCUT2D eigenvalue weighted by Gasteiger charge is 2.05. The van der Waals surface area contributed by atoms with E-state index in [1.165, 1.54) is 0 Å². The van der Waals surface area contributed by atoms with E-state index in [9.17, 15) is 9.59 Å². The largest absolute Gasteiger partial charge is 0.460 e. The minimum Gasteiger partial charge on any atom is -0.460 e. The van der Waals surface area contributed by atoms with Crippen LogP contribution in [-0.4, -0.2) is 18.9 Å². The molecule has 1 atom stereocenters. The monoisotopic (exact) mass is 221 g/mol. The number of hydrogen-bond acceptors (Lipinski definition) is 4. The van der Waals surface area contributed by atoms with Crippen LogP contribution in [0.25, 0.3) is 0 Å². The summed E-state index contributed by atoms with van der Waals surface area (Å²) in [5, 5.41) is 0. The molecule has 0 aromatic heterocycles. The number of esters is 1.